The fourth-order valence-electron chi connectivity index (χ4n) is 3.41. The van der Waals surface area contributed by atoms with Crippen molar-refractivity contribution in [2.45, 2.75) is 5.92 Å². The predicted octanol–water partition coefficient (Wildman–Crippen LogP) is 5.85. The molecule has 0 saturated carbocycles. The second-order valence-electron chi connectivity index (χ2n) is 6.98. The molecule has 33 heavy (non-hydrogen) atoms. The first-order chi connectivity index (χ1) is 15.9. The van der Waals surface area contributed by atoms with Gasteiger partial charge < -0.3 is 19.9 Å². The molecule has 4 rings (SSSR count). The van der Waals surface area contributed by atoms with E-state index in [0.717, 1.165) is 0 Å². The second-order valence-corrected chi connectivity index (χ2v) is 8.23. The summed E-state index contributed by atoms with van der Waals surface area (Å²) in [6.45, 7) is -0.342. The molecule has 0 fully saturated rings. The summed E-state index contributed by atoms with van der Waals surface area (Å²) in [5.41, 5.74) is 7.51. The van der Waals surface area contributed by atoms with Crippen LogP contribution in [0.1, 0.15) is 17.0 Å². The number of esters is 1. The summed E-state index contributed by atoms with van der Waals surface area (Å²) in [6, 6.07) is 18.7. The molecule has 1 unspecified atom stereocenters. The van der Waals surface area contributed by atoms with E-state index in [1.807, 2.05) is 0 Å². The van der Waals surface area contributed by atoms with Gasteiger partial charge in [0.2, 0.25) is 5.88 Å². The number of hydrogen-bond acceptors (Lipinski definition) is 6. The Balaban J connectivity index is 1.58. The Morgan fingerprint density at radius 3 is 2.52 bits per heavy atom. The van der Waals surface area contributed by atoms with Crippen LogP contribution < -0.4 is 19.9 Å². The minimum absolute atomic E-state index is 0.0634. The van der Waals surface area contributed by atoms with E-state index < -0.39 is 11.9 Å². The maximum atomic E-state index is 12.3. The first-order valence-electron chi connectivity index (χ1n) is 9.62. The zero-order valence-corrected chi connectivity index (χ0v) is 19.1. The number of nitrogens with two attached hydrogens (primary N) is 1. The highest BCUT2D eigenvalue weighted by Crippen LogP contribution is 2.45. The number of hydrogen-bond donors (Lipinski definition) is 1. The number of rotatable bonds is 5. The number of halogens is 3. The number of ether oxygens (including phenoxy) is 3. The van der Waals surface area contributed by atoms with Crippen molar-refractivity contribution in [1.82, 2.24) is 0 Å². The van der Waals surface area contributed by atoms with Gasteiger partial charge in [0, 0.05) is 21.7 Å². The van der Waals surface area contributed by atoms with E-state index in [4.69, 9.17) is 54.7 Å². The van der Waals surface area contributed by atoms with E-state index in [9.17, 15) is 10.1 Å². The van der Waals surface area contributed by atoms with Crippen LogP contribution in [0, 0.1) is 11.3 Å². The van der Waals surface area contributed by atoms with Crippen molar-refractivity contribution < 1.29 is 19.0 Å². The second kappa shape index (κ2) is 9.63. The van der Waals surface area contributed by atoms with Gasteiger partial charge in [-0.1, -0.05) is 59.1 Å². The summed E-state index contributed by atoms with van der Waals surface area (Å²) in [4.78, 5) is 12.3. The lowest BCUT2D eigenvalue weighted by Crippen LogP contribution is -2.22. The zero-order chi connectivity index (χ0) is 23.5. The van der Waals surface area contributed by atoms with Crippen LogP contribution in [-0.2, 0) is 4.79 Å². The molecule has 1 aliphatic rings. The smallest absolute Gasteiger partial charge is 0.349 e. The Bertz CT molecular complexity index is 1320. The summed E-state index contributed by atoms with van der Waals surface area (Å²) < 4.78 is 16.4. The quantitative estimate of drug-likeness (QED) is 0.348. The van der Waals surface area contributed by atoms with Crippen molar-refractivity contribution in [1.29, 1.82) is 5.26 Å². The van der Waals surface area contributed by atoms with Gasteiger partial charge in [-0.15, -0.1) is 0 Å². The Morgan fingerprint density at radius 2 is 1.79 bits per heavy atom. The van der Waals surface area contributed by atoms with E-state index in [-0.39, 0.29) is 23.8 Å². The third kappa shape index (κ3) is 4.86. The molecule has 1 aliphatic heterocycles. The third-order valence-corrected chi connectivity index (χ3v) is 5.75. The molecule has 0 aliphatic carbocycles. The maximum absolute atomic E-state index is 12.3. The van der Waals surface area contributed by atoms with E-state index >= 15 is 0 Å². The number of nitrogens with zero attached hydrogens (tertiary/aromatic N) is 1. The van der Waals surface area contributed by atoms with Gasteiger partial charge >= 0.3 is 5.97 Å². The fraction of sp³-hybridized carbons (Fsp3) is 0.0833. The van der Waals surface area contributed by atoms with Crippen molar-refractivity contribution in [3.63, 3.8) is 0 Å². The van der Waals surface area contributed by atoms with Crippen LogP contribution in [0.3, 0.4) is 0 Å². The minimum atomic E-state index is -0.635. The van der Waals surface area contributed by atoms with Crippen LogP contribution >= 0.6 is 34.8 Å². The highest BCUT2D eigenvalue weighted by atomic mass is 35.5. The van der Waals surface area contributed by atoms with E-state index in [0.29, 0.717) is 37.7 Å². The van der Waals surface area contributed by atoms with E-state index in [1.165, 1.54) is 6.07 Å². The highest BCUT2D eigenvalue weighted by Gasteiger charge is 2.32. The Kier molecular flexibility index (Phi) is 6.66. The maximum Gasteiger partial charge on any atom is 0.349 e. The number of nitriles is 1. The fourth-order valence-corrected chi connectivity index (χ4v) is 4.12. The van der Waals surface area contributed by atoms with Crippen LogP contribution in [0.25, 0.3) is 0 Å². The summed E-state index contributed by atoms with van der Waals surface area (Å²) in [5.74, 6) is -0.349. The molecule has 0 amide bonds. The Hall–Kier alpha value is -3.37. The van der Waals surface area contributed by atoms with Crippen LogP contribution in [0.15, 0.2) is 72.1 Å². The lowest BCUT2D eigenvalue weighted by Gasteiger charge is -2.27. The van der Waals surface area contributed by atoms with E-state index in [2.05, 4.69) is 6.07 Å². The average Bonchev–Trinajstić information content (AvgIpc) is 2.78. The van der Waals surface area contributed by atoms with Gasteiger partial charge in [0.1, 0.15) is 28.9 Å². The summed E-state index contributed by atoms with van der Waals surface area (Å²) in [6.07, 6.45) is 0. The highest BCUT2D eigenvalue weighted by molar-refractivity contribution is 6.35. The normalized spacial score (nSPS) is 14.7. The molecule has 2 N–H and O–H groups in total. The molecule has 3 aromatic rings. The molecule has 3 aromatic carbocycles. The molecule has 1 heterocycles. The number of fused-ring (bicyclic) bond motifs is 1. The number of carbonyl (C=O) groups is 1. The monoisotopic (exact) mass is 500 g/mol. The molecule has 0 aromatic heterocycles. The molecule has 0 spiro atoms. The van der Waals surface area contributed by atoms with Gasteiger partial charge in [0.25, 0.3) is 0 Å². The van der Waals surface area contributed by atoms with Gasteiger partial charge in [-0.3, -0.25) is 0 Å². The molecule has 6 nitrogen and oxygen atoms in total. The molecule has 9 heteroatoms. The third-order valence-electron chi connectivity index (χ3n) is 4.88. The van der Waals surface area contributed by atoms with E-state index in [1.54, 1.807) is 54.6 Å². The number of allylic oxidation sites excluding steroid dienone is 1. The first kappa shape index (κ1) is 22.8. The van der Waals surface area contributed by atoms with Gasteiger partial charge in [0.05, 0.1) is 10.9 Å². The minimum Gasteiger partial charge on any atom is -0.480 e. The Morgan fingerprint density at radius 1 is 1.03 bits per heavy atom. The molecule has 166 valence electrons. The van der Waals surface area contributed by atoms with Gasteiger partial charge in [0.15, 0.2) is 6.61 Å². The van der Waals surface area contributed by atoms with Crippen LogP contribution in [-0.4, -0.2) is 12.6 Å². The molecular formula is C24H15Cl3N2O4. The molecular weight excluding hydrogens is 487 g/mol. The SMILES string of the molecule is N#CC1=C(N)Oc2cc(OC(=O)COc3ccccc3Cl)ccc2C1c1ccc(Cl)cc1Cl. The number of para-hydroxylation sites is 1. The van der Waals surface area contributed by atoms with Crippen LogP contribution in [0.2, 0.25) is 15.1 Å². The van der Waals surface area contributed by atoms with Crippen LogP contribution in [0.5, 0.6) is 17.2 Å². The standard InChI is InChI=1S/C24H15Cl3N2O4/c25-13-5-7-15(19(27)9-13)23-16-8-6-14(10-21(16)33-24(29)17(23)11-28)32-22(30)12-31-20-4-2-1-3-18(20)26/h1-10,23H,12,29H2. The average molecular weight is 502 g/mol. The zero-order valence-electron chi connectivity index (χ0n) is 16.8. The molecule has 0 bridgehead atoms. The van der Waals surface area contributed by atoms with Crippen molar-refractivity contribution in [2.24, 2.45) is 5.73 Å². The number of carbonyl (C=O) groups excluding carboxylic acids is 1. The van der Waals surface area contributed by atoms with Crippen molar-refractivity contribution in [2.75, 3.05) is 6.61 Å². The largest absolute Gasteiger partial charge is 0.480 e. The lowest BCUT2D eigenvalue weighted by molar-refractivity contribution is -0.136. The van der Waals surface area contributed by atoms with Gasteiger partial charge in [-0.05, 0) is 35.9 Å². The molecule has 1 atom stereocenters. The van der Waals surface area contributed by atoms with Crippen molar-refractivity contribution in [3.8, 4) is 23.3 Å². The number of benzene rings is 3. The summed E-state index contributed by atoms with van der Waals surface area (Å²) in [5, 5.41) is 10.9. The predicted molar refractivity (Wildman–Crippen MR) is 125 cm³/mol. The topological polar surface area (TPSA) is 94.6 Å². The van der Waals surface area contributed by atoms with Crippen molar-refractivity contribution >= 4 is 40.8 Å². The molecule has 0 saturated heterocycles. The molecule has 0 radical (unpaired) electrons. The van der Waals surface area contributed by atoms with Gasteiger partial charge in [-0.2, -0.15) is 5.26 Å². The summed E-state index contributed by atoms with van der Waals surface area (Å²) >= 11 is 18.4. The van der Waals surface area contributed by atoms with Crippen LogP contribution in [0.4, 0.5) is 0 Å². The lowest BCUT2D eigenvalue weighted by atomic mass is 9.83. The van der Waals surface area contributed by atoms with Crippen molar-refractivity contribution in [3.05, 3.63) is 98.3 Å². The van der Waals surface area contributed by atoms with Gasteiger partial charge in [-0.25, -0.2) is 4.79 Å². The summed E-state index contributed by atoms with van der Waals surface area (Å²) in [7, 11) is 0. The Labute approximate surface area is 204 Å². The first-order valence-corrected chi connectivity index (χ1v) is 10.7.